The second-order valence-electron chi connectivity index (χ2n) is 5.33. The molecule has 2 atom stereocenters. The van der Waals surface area contributed by atoms with E-state index >= 15 is 0 Å². The molecule has 0 aliphatic rings. The third kappa shape index (κ3) is 7.30. The first kappa shape index (κ1) is 16.0. The Labute approximate surface area is 104 Å². The van der Waals surface area contributed by atoms with Crippen molar-refractivity contribution < 1.29 is 0 Å². The molecule has 0 aromatic rings. The van der Waals surface area contributed by atoms with Gasteiger partial charge in [0.05, 0.1) is 0 Å². The summed E-state index contributed by atoms with van der Waals surface area (Å²) in [6.45, 7) is 9.39. The Morgan fingerprint density at radius 1 is 0.562 bits per heavy atom. The van der Waals surface area contributed by atoms with Crippen molar-refractivity contribution in [1.82, 2.24) is 0 Å². The molecule has 0 heteroatoms. The number of hydrogen-bond acceptors (Lipinski definition) is 0. The molecule has 0 amide bonds. The van der Waals surface area contributed by atoms with E-state index in [0.29, 0.717) is 0 Å². The van der Waals surface area contributed by atoms with E-state index < -0.39 is 0 Å². The maximum atomic E-state index is 2.39. The summed E-state index contributed by atoms with van der Waals surface area (Å²) in [7, 11) is 0. The first-order chi connectivity index (χ1) is 7.79. The van der Waals surface area contributed by atoms with Gasteiger partial charge in [-0.05, 0) is 11.8 Å². The van der Waals surface area contributed by atoms with Crippen LogP contribution >= 0.6 is 0 Å². The first-order valence-corrected chi connectivity index (χ1v) is 7.79. The maximum Gasteiger partial charge on any atom is -0.0389 e. The van der Waals surface area contributed by atoms with Crippen molar-refractivity contribution in [3.05, 3.63) is 0 Å². The molecule has 0 aromatic heterocycles. The van der Waals surface area contributed by atoms with Gasteiger partial charge in [-0.25, -0.2) is 0 Å². The van der Waals surface area contributed by atoms with E-state index in [1.807, 2.05) is 0 Å². The van der Waals surface area contributed by atoms with Crippen LogP contribution in [0, 0.1) is 11.8 Å². The van der Waals surface area contributed by atoms with Gasteiger partial charge in [-0.2, -0.15) is 0 Å². The van der Waals surface area contributed by atoms with Crippen LogP contribution in [0.5, 0.6) is 0 Å². The lowest BCUT2D eigenvalue weighted by Crippen LogP contribution is -2.13. The minimum absolute atomic E-state index is 1.01. The predicted molar refractivity (Wildman–Crippen MR) is 75.8 cm³/mol. The zero-order valence-electron chi connectivity index (χ0n) is 12.2. The fraction of sp³-hybridized carbons (Fsp3) is 1.00. The second-order valence-corrected chi connectivity index (χ2v) is 5.33. The van der Waals surface area contributed by atoms with Crippen LogP contribution in [0.1, 0.15) is 91.9 Å². The third-order valence-corrected chi connectivity index (χ3v) is 4.07. The van der Waals surface area contributed by atoms with E-state index in [1.54, 1.807) is 0 Å². The Morgan fingerprint density at radius 2 is 0.938 bits per heavy atom. The number of rotatable bonds is 11. The predicted octanol–water partition coefficient (Wildman–Crippen LogP) is 6.20. The lowest BCUT2D eigenvalue weighted by molar-refractivity contribution is 0.264. The summed E-state index contributed by atoms with van der Waals surface area (Å²) in [4.78, 5) is 0. The van der Waals surface area contributed by atoms with Gasteiger partial charge in [-0.15, -0.1) is 0 Å². The summed E-state index contributed by atoms with van der Waals surface area (Å²) in [6.07, 6.45) is 14.3. The Balaban J connectivity index is 3.85. The van der Waals surface area contributed by atoms with Crippen molar-refractivity contribution in [2.24, 2.45) is 11.8 Å². The molecule has 0 saturated carbocycles. The first-order valence-electron chi connectivity index (χ1n) is 7.79. The number of unbranched alkanes of at least 4 members (excludes halogenated alkanes) is 4. The van der Waals surface area contributed by atoms with Crippen LogP contribution in [-0.2, 0) is 0 Å². The highest BCUT2D eigenvalue weighted by Gasteiger charge is 2.17. The summed E-state index contributed by atoms with van der Waals surface area (Å²) in [5, 5.41) is 0. The highest BCUT2D eigenvalue weighted by molar-refractivity contribution is 4.68. The molecular weight excluding hydrogens is 192 g/mol. The molecule has 0 bridgehead atoms. The monoisotopic (exact) mass is 226 g/mol. The van der Waals surface area contributed by atoms with Crippen molar-refractivity contribution >= 4 is 0 Å². The molecule has 0 fully saturated rings. The minimum Gasteiger partial charge on any atom is -0.0654 e. The zero-order valence-corrected chi connectivity index (χ0v) is 12.2. The summed E-state index contributed by atoms with van der Waals surface area (Å²) in [5.41, 5.74) is 0. The highest BCUT2D eigenvalue weighted by Crippen LogP contribution is 2.29. The summed E-state index contributed by atoms with van der Waals surface area (Å²) < 4.78 is 0. The lowest BCUT2D eigenvalue weighted by atomic mass is 9.81. The molecule has 2 unspecified atom stereocenters. The topological polar surface area (TPSA) is 0 Å². The Bertz CT molecular complexity index is 112. The standard InChI is InChI=1S/C16H34/c1-5-9-11-13-15(7-3)16(8-4)14-12-10-6-2/h15-16H,5-14H2,1-4H3. The number of hydrogen-bond donors (Lipinski definition) is 0. The van der Waals surface area contributed by atoms with Gasteiger partial charge in [0.1, 0.15) is 0 Å². The molecule has 0 spiro atoms. The molecule has 0 radical (unpaired) electrons. The average Bonchev–Trinajstić information content (AvgIpc) is 2.31. The van der Waals surface area contributed by atoms with Crippen LogP contribution in [0.25, 0.3) is 0 Å². The van der Waals surface area contributed by atoms with Crippen LogP contribution < -0.4 is 0 Å². The van der Waals surface area contributed by atoms with E-state index in [0.717, 1.165) is 11.8 Å². The fourth-order valence-corrected chi connectivity index (χ4v) is 2.86. The molecule has 16 heavy (non-hydrogen) atoms. The quantitative estimate of drug-likeness (QED) is 0.368. The van der Waals surface area contributed by atoms with Gasteiger partial charge in [0, 0.05) is 0 Å². The molecular formula is C16H34. The summed E-state index contributed by atoms with van der Waals surface area (Å²) in [5.74, 6) is 2.02. The van der Waals surface area contributed by atoms with Gasteiger partial charge in [-0.3, -0.25) is 0 Å². The van der Waals surface area contributed by atoms with Crippen molar-refractivity contribution in [3.63, 3.8) is 0 Å². The van der Waals surface area contributed by atoms with E-state index in [9.17, 15) is 0 Å². The van der Waals surface area contributed by atoms with E-state index in [2.05, 4.69) is 27.7 Å². The molecule has 98 valence electrons. The second kappa shape index (κ2) is 11.5. The zero-order chi connectivity index (χ0) is 12.2. The van der Waals surface area contributed by atoms with Gasteiger partial charge in [0.2, 0.25) is 0 Å². The normalized spacial score (nSPS) is 15.0. The van der Waals surface area contributed by atoms with Gasteiger partial charge < -0.3 is 0 Å². The Morgan fingerprint density at radius 3 is 1.19 bits per heavy atom. The van der Waals surface area contributed by atoms with Gasteiger partial charge in [0.15, 0.2) is 0 Å². The van der Waals surface area contributed by atoms with Gasteiger partial charge in [0.25, 0.3) is 0 Å². The average molecular weight is 226 g/mol. The fourth-order valence-electron chi connectivity index (χ4n) is 2.86. The Kier molecular flexibility index (Phi) is 11.5. The van der Waals surface area contributed by atoms with Crippen LogP contribution in [0.15, 0.2) is 0 Å². The van der Waals surface area contributed by atoms with E-state index in [1.165, 1.54) is 64.2 Å². The van der Waals surface area contributed by atoms with Crippen LogP contribution in [0.4, 0.5) is 0 Å². The van der Waals surface area contributed by atoms with Crippen molar-refractivity contribution in [2.75, 3.05) is 0 Å². The summed E-state index contributed by atoms with van der Waals surface area (Å²) >= 11 is 0. The van der Waals surface area contributed by atoms with Crippen LogP contribution in [0.3, 0.4) is 0 Å². The molecule has 0 rings (SSSR count). The summed E-state index contributed by atoms with van der Waals surface area (Å²) in [6, 6.07) is 0. The molecule has 0 aliphatic carbocycles. The Hall–Kier alpha value is 0. The molecule has 0 N–H and O–H groups in total. The molecule has 0 heterocycles. The SMILES string of the molecule is CCCCCC(CC)C(CC)CCCCC. The molecule has 0 aromatic carbocycles. The van der Waals surface area contributed by atoms with Gasteiger partial charge in [-0.1, -0.05) is 91.9 Å². The van der Waals surface area contributed by atoms with Crippen molar-refractivity contribution in [2.45, 2.75) is 91.9 Å². The largest absolute Gasteiger partial charge is 0.0654 e. The van der Waals surface area contributed by atoms with Crippen molar-refractivity contribution in [3.8, 4) is 0 Å². The van der Waals surface area contributed by atoms with Gasteiger partial charge >= 0.3 is 0 Å². The third-order valence-electron chi connectivity index (χ3n) is 4.07. The minimum atomic E-state index is 1.01. The van der Waals surface area contributed by atoms with Crippen LogP contribution in [0.2, 0.25) is 0 Å². The molecule has 0 aliphatic heterocycles. The van der Waals surface area contributed by atoms with Crippen molar-refractivity contribution in [1.29, 1.82) is 0 Å². The molecule has 0 nitrogen and oxygen atoms in total. The van der Waals surface area contributed by atoms with Crippen LogP contribution in [-0.4, -0.2) is 0 Å². The smallest absolute Gasteiger partial charge is 0.0389 e. The van der Waals surface area contributed by atoms with E-state index in [4.69, 9.17) is 0 Å². The molecule has 0 saturated heterocycles. The highest BCUT2D eigenvalue weighted by atomic mass is 14.2. The maximum absolute atomic E-state index is 2.39. The lowest BCUT2D eigenvalue weighted by Gasteiger charge is -2.25. The van der Waals surface area contributed by atoms with E-state index in [-0.39, 0.29) is 0 Å².